The van der Waals surface area contributed by atoms with E-state index < -0.39 is 0 Å². The Hall–Kier alpha value is -2.69. The molecule has 0 radical (unpaired) electrons. The van der Waals surface area contributed by atoms with Crippen molar-refractivity contribution in [2.75, 3.05) is 5.32 Å². The molecular formula is C19H20N4O. The number of allylic oxidation sites excluding steroid dienone is 3. The van der Waals surface area contributed by atoms with Crippen LogP contribution in [0.5, 0.6) is 0 Å². The van der Waals surface area contributed by atoms with Crippen LogP contribution in [0.2, 0.25) is 0 Å². The quantitative estimate of drug-likeness (QED) is 0.935. The van der Waals surface area contributed by atoms with Gasteiger partial charge < -0.3 is 5.32 Å². The average molecular weight is 320 g/mol. The summed E-state index contributed by atoms with van der Waals surface area (Å²) in [7, 11) is 0. The third-order valence-corrected chi connectivity index (χ3v) is 4.89. The first-order valence-electron chi connectivity index (χ1n) is 8.33. The number of nitrogens with one attached hydrogen (secondary N) is 1. The van der Waals surface area contributed by atoms with Crippen LogP contribution in [0.15, 0.2) is 60.1 Å². The molecule has 0 unspecified atom stereocenters. The van der Waals surface area contributed by atoms with E-state index in [9.17, 15) is 4.79 Å². The van der Waals surface area contributed by atoms with E-state index in [1.54, 1.807) is 17.1 Å². The van der Waals surface area contributed by atoms with Crippen molar-refractivity contribution in [1.29, 1.82) is 0 Å². The minimum absolute atomic E-state index is 0.0587. The van der Waals surface area contributed by atoms with E-state index in [1.807, 2.05) is 24.4 Å². The smallest absolute Gasteiger partial charge is 0.236 e. The molecule has 1 saturated carbocycles. The van der Waals surface area contributed by atoms with Crippen LogP contribution < -0.4 is 5.32 Å². The molecule has 5 heteroatoms. The normalized spacial score (nSPS) is 18.5. The van der Waals surface area contributed by atoms with Gasteiger partial charge in [0.05, 0.1) is 11.1 Å². The Balaban J connectivity index is 1.53. The van der Waals surface area contributed by atoms with Gasteiger partial charge in [0.1, 0.15) is 0 Å². The maximum absolute atomic E-state index is 12.8. The minimum Gasteiger partial charge on any atom is -0.308 e. The summed E-state index contributed by atoms with van der Waals surface area (Å²) in [5, 5.41) is 7.45. The van der Waals surface area contributed by atoms with Crippen molar-refractivity contribution in [3.05, 3.63) is 60.1 Å². The van der Waals surface area contributed by atoms with E-state index in [4.69, 9.17) is 0 Å². The summed E-state index contributed by atoms with van der Waals surface area (Å²) in [5.41, 5.74) is 3.12. The Kier molecular flexibility index (Phi) is 3.56. The molecule has 122 valence electrons. The van der Waals surface area contributed by atoms with Crippen molar-refractivity contribution in [3.8, 4) is 5.69 Å². The maximum Gasteiger partial charge on any atom is 0.236 e. The average Bonchev–Trinajstić information content (AvgIpc) is 3.29. The lowest BCUT2D eigenvalue weighted by Gasteiger charge is -2.21. The van der Waals surface area contributed by atoms with Crippen LogP contribution in [0.4, 0.5) is 5.82 Å². The van der Waals surface area contributed by atoms with Gasteiger partial charge in [-0.2, -0.15) is 5.10 Å². The number of hydrogen-bond donors (Lipinski definition) is 1. The maximum atomic E-state index is 12.8. The molecule has 4 rings (SSSR count). The molecule has 24 heavy (non-hydrogen) atoms. The van der Waals surface area contributed by atoms with Gasteiger partial charge in [-0.3, -0.25) is 9.78 Å². The van der Waals surface area contributed by atoms with E-state index in [-0.39, 0.29) is 11.3 Å². The second kappa shape index (κ2) is 5.74. The van der Waals surface area contributed by atoms with Crippen LogP contribution in [0.25, 0.3) is 5.69 Å². The van der Waals surface area contributed by atoms with Gasteiger partial charge in [0.25, 0.3) is 0 Å². The molecule has 2 aromatic rings. The second-order valence-corrected chi connectivity index (χ2v) is 6.52. The zero-order valence-electron chi connectivity index (χ0n) is 13.7. The molecule has 0 aromatic carbocycles. The molecule has 0 aliphatic heterocycles. The predicted octanol–water partition coefficient (Wildman–Crippen LogP) is 3.65. The van der Waals surface area contributed by atoms with Gasteiger partial charge >= 0.3 is 0 Å². The topological polar surface area (TPSA) is 59.8 Å². The molecule has 0 spiro atoms. The molecule has 2 aromatic heterocycles. The summed E-state index contributed by atoms with van der Waals surface area (Å²) in [6, 6.07) is 5.58. The molecule has 1 fully saturated rings. The van der Waals surface area contributed by atoms with Gasteiger partial charge in [-0.05, 0) is 50.3 Å². The van der Waals surface area contributed by atoms with Crippen LogP contribution in [-0.2, 0) is 4.79 Å². The summed E-state index contributed by atoms with van der Waals surface area (Å²) >= 11 is 0. The Labute approximate surface area is 141 Å². The van der Waals surface area contributed by atoms with E-state index in [0.29, 0.717) is 5.82 Å². The predicted molar refractivity (Wildman–Crippen MR) is 92.7 cm³/mol. The molecular weight excluding hydrogens is 300 g/mol. The fourth-order valence-corrected chi connectivity index (χ4v) is 3.36. The van der Waals surface area contributed by atoms with Crippen molar-refractivity contribution in [2.45, 2.75) is 32.6 Å². The summed E-state index contributed by atoms with van der Waals surface area (Å²) in [6.45, 7) is 2.14. The highest BCUT2D eigenvalue weighted by atomic mass is 16.2. The zero-order valence-corrected chi connectivity index (χ0v) is 13.7. The molecule has 2 aliphatic rings. The van der Waals surface area contributed by atoms with Gasteiger partial charge in [-0.15, -0.1) is 0 Å². The fraction of sp³-hybridized carbons (Fsp3) is 0.316. The highest BCUT2D eigenvalue weighted by Gasteiger charge is 2.52. The van der Waals surface area contributed by atoms with Crippen molar-refractivity contribution >= 4 is 11.7 Å². The largest absolute Gasteiger partial charge is 0.308 e. The number of anilines is 1. The first-order chi connectivity index (χ1) is 11.7. The van der Waals surface area contributed by atoms with Crippen LogP contribution in [0.3, 0.4) is 0 Å². The highest BCUT2D eigenvalue weighted by molar-refractivity contribution is 5.99. The van der Waals surface area contributed by atoms with E-state index in [2.05, 4.69) is 34.5 Å². The van der Waals surface area contributed by atoms with Crippen molar-refractivity contribution in [1.82, 2.24) is 14.8 Å². The van der Waals surface area contributed by atoms with Crippen molar-refractivity contribution < 1.29 is 4.79 Å². The number of rotatable bonds is 4. The second-order valence-electron chi connectivity index (χ2n) is 6.52. The van der Waals surface area contributed by atoms with Crippen LogP contribution in [0.1, 0.15) is 32.6 Å². The number of carbonyl (C=O) groups excluding carboxylic acids is 1. The third kappa shape index (κ3) is 2.56. The van der Waals surface area contributed by atoms with Gasteiger partial charge in [0.15, 0.2) is 5.82 Å². The molecule has 1 amide bonds. The Bertz CT molecular complexity index is 828. The SMILES string of the molecule is CC1=C(C2(C(=O)Nc3ccn(-c4ccncc4)n3)CC2)C=CCC1. The minimum atomic E-state index is -0.346. The Morgan fingerprint density at radius 1 is 1.25 bits per heavy atom. The van der Waals surface area contributed by atoms with Gasteiger partial charge in [0, 0.05) is 24.7 Å². The zero-order chi connectivity index (χ0) is 16.6. The first kappa shape index (κ1) is 14.9. The molecule has 2 heterocycles. The number of amides is 1. The number of carbonyl (C=O) groups is 1. The van der Waals surface area contributed by atoms with Crippen LogP contribution in [0, 0.1) is 5.41 Å². The number of nitrogens with zero attached hydrogens (tertiary/aromatic N) is 3. The summed E-state index contributed by atoms with van der Waals surface area (Å²) in [6.07, 6.45) is 13.6. The van der Waals surface area contributed by atoms with Crippen LogP contribution >= 0.6 is 0 Å². The molecule has 0 bridgehead atoms. The number of aromatic nitrogens is 3. The van der Waals surface area contributed by atoms with E-state index in [0.717, 1.165) is 31.4 Å². The summed E-state index contributed by atoms with van der Waals surface area (Å²) < 4.78 is 1.74. The molecule has 5 nitrogen and oxygen atoms in total. The first-order valence-corrected chi connectivity index (χ1v) is 8.33. The highest BCUT2D eigenvalue weighted by Crippen LogP contribution is 2.55. The molecule has 1 N–H and O–H groups in total. The third-order valence-electron chi connectivity index (χ3n) is 4.89. The van der Waals surface area contributed by atoms with Gasteiger partial charge in [-0.1, -0.05) is 17.7 Å². The number of hydrogen-bond acceptors (Lipinski definition) is 3. The van der Waals surface area contributed by atoms with Gasteiger partial charge in [0.2, 0.25) is 5.91 Å². The Morgan fingerprint density at radius 3 is 2.75 bits per heavy atom. The fourth-order valence-electron chi connectivity index (χ4n) is 3.36. The number of pyridine rings is 1. The Morgan fingerprint density at radius 2 is 2.04 bits per heavy atom. The summed E-state index contributed by atoms with van der Waals surface area (Å²) in [4.78, 5) is 16.9. The molecule has 0 atom stereocenters. The lowest BCUT2D eigenvalue weighted by atomic mass is 9.86. The van der Waals surface area contributed by atoms with Crippen molar-refractivity contribution in [3.63, 3.8) is 0 Å². The lowest BCUT2D eigenvalue weighted by Crippen LogP contribution is -2.27. The lowest BCUT2D eigenvalue weighted by molar-refractivity contribution is -0.119. The van der Waals surface area contributed by atoms with E-state index in [1.165, 1.54) is 11.1 Å². The molecule has 0 saturated heterocycles. The standard InChI is InChI=1S/C19H20N4O/c1-14-4-2-3-5-16(14)19(9-10-19)18(24)21-17-8-13-23(22-17)15-6-11-20-12-7-15/h3,5-8,11-13H,2,4,9-10H2,1H3,(H,21,22,24). The van der Waals surface area contributed by atoms with Crippen molar-refractivity contribution in [2.24, 2.45) is 5.41 Å². The molecule has 2 aliphatic carbocycles. The monoisotopic (exact) mass is 320 g/mol. The van der Waals surface area contributed by atoms with E-state index >= 15 is 0 Å². The summed E-state index contributed by atoms with van der Waals surface area (Å²) in [5.74, 6) is 0.643. The van der Waals surface area contributed by atoms with Crippen LogP contribution in [-0.4, -0.2) is 20.7 Å². The van der Waals surface area contributed by atoms with Gasteiger partial charge in [-0.25, -0.2) is 4.68 Å².